The number of benzene rings is 1. The minimum Gasteiger partial charge on any atom is -0.321 e. The zero-order chi connectivity index (χ0) is 12.3. The van der Waals surface area contributed by atoms with E-state index < -0.39 is 18.3 Å². The van der Waals surface area contributed by atoms with Crippen LogP contribution in [0.3, 0.4) is 0 Å². The number of nitrogens with one attached hydrogen (secondary N) is 1. The van der Waals surface area contributed by atoms with Crippen molar-refractivity contribution in [1.29, 1.82) is 0 Å². The largest absolute Gasteiger partial charge is 0.383 e. The number of halogens is 5. The van der Waals surface area contributed by atoms with Crippen LogP contribution in [0, 0.1) is 0 Å². The highest BCUT2D eigenvalue weighted by Crippen LogP contribution is 2.25. The fourth-order valence-corrected chi connectivity index (χ4v) is 0.973. The average molecular weight is 256 g/mol. The molecule has 0 aromatic heterocycles. The molecule has 1 aromatic rings. The minimum absolute atomic E-state index is 0.0327. The van der Waals surface area contributed by atoms with Crippen LogP contribution < -0.4 is 5.32 Å². The second-order valence-electron chi connectivity index (χ2n) is 2.88. The van der Waals surface area contributed by atoms with E-state index >= 15 is 0 Å². The molecule has 0 aliphatic heterocycles. The van der Waals surface area contributed by atoms with Crippen LogP contribution in [0.1, 0.15) is 0 Å². The van der Waals surface area contributed by atoms with Gasteiger partial charge >= 0.3 is 18.3 Å². The number of anilines is 1. The summed E-state index contributed by atoms with van der Waals surface area (Å²) in [7, 11) is 0. The molecule has 88 valence electrons. The van der Waals surface area contributed by atoms with E-state index in [0.29, 0.717) is 5.02 Å². The van der Waals surface area contributed by atoms with E-state index in [4.69, 9.17) is 11.6 Å². The summed E-state index contributed by atoms with van der Waals surface area (Å²) in [6.45, 7) is 0. The first-order chi connectivity index (χ1) is 7.34. The maximum Gasteiger partial charge on any atom is 0.383 e. The first-order valence-electron chi connectivity index (χ1n) is 4.07. The third-order valence-corrected chi connectivity index (χ3v) is 1.93. The Bertz CT molecular complexity index is 380. The number of alkyl halides is 4. The van der Waals surface area contributed by atoms with Crippen molar-refractivity contribution in [3.63, 3.8) is 0 Å². The molecule has 1 aromatic carbocycles. The van der Waals surface area contributed by atoms with Gasteiger partial charge in [0.25, 0.3) is 0 Å². The zero-order valence-electron chi connectivity index (χ0n) is 7.68. The van der Waals surface area contributed by atoms with Gasteiger partial charge in [0.1, 0.15) is 0 Å². The lowest BCUT2D eigenvalue weighted by Crippen LogP contribution is -2.40. The maximum absolute atomic E-state index is 12.5. The van der Waals surface area contributed by atoms with Crippen LogP contribution in [0.25, 0.3) is 0 Å². The third kappa shape index (κ3) is 2.85. The second kappa shape index (κ2) is 4.69. The summed E-state index contributed by atoms with van der Waals surface area (Å²) in [5, 5.41) is 2.00. The van der Waals surface area contributed by atoms with Crippen molar-refractivity contribution in [2.24, 2.45) is 0 Å². The highest BCUT2D eigenvalue weighted by atomic mass is 35.5. The van der Waals surface area contributed by atoms with E-state index in [1.807, 2.05) is 0 Å². The van der Waals surface area contributed by atoms with Crippen LogP contribution in [0.2, 0.25) is 5.02 Å². The molecule has 0 saturated carbocycles. The molecule has 0 saturated heterocycles. The van der Waals surface area contributed by atoms with E-state index in [9.17, 15) is 22.4 Å². The molecule has 0 spiro atoms. The van der Waals surface area contributed by atoms with Crippen molar-refractivity contribution < 1.29 is 22.4 Å². The third-order valence-electron chi connectivity index (χ3n) is 1.68. The minimum atomic E-state index is -4.71. The Morgan fingerprint density at radius 2 is 1.75 bits per heavy atom. The van der Waals surface area contributed by atoms with Crippen molar-refractivity contribution in [2.75, 3.05) is 5.32 Å². The molecule has 7 heteroatoms. The van der Waals surface area contributed by atoms with Crippen LogP contribution in [0.15, 0.2) is 24.3 Å². The fourth-order valence-electron chi connectivity index (χ4n) is 0.847. The number of carbonyl (C=O) groups excluding carboxylic acids is 1. The molecule has 2 nitrogen and oxygen atoms in total. The molecule has 1 amide bonds. The molecular formula is C9H6ClF4NO. The van der Waals surface area contributed by atoms with Gasteiger partial charge in [-0.15, -0.1) is 0 Å². The van der Waals surface area contributed by atoms with Crippen LogP contribution in [0.4, 0.5) is 23.2 Å². The van der Waals surface area contributed by atoms with Gasteiger partial charge in [-0.2, -0.15) is 8.78 Å². The van der Waals surface area contributed by atoms with Crippen molar-refractivity contribution in [3.8, 4) is 0 Å². The fraction of sp³-hybridized carbons (Fsp3) is 0.222. The number of carbonyl (C=O) groups is 1. The molecule has 16 heavy (non-hydrogen) atoms. The van der Waals surface area contributed by atoms with E-state index in [0.717, 1.165) is 0 Å². The predicted molar refractivity (Wildman–Crippen MR) is 51.0 cm³/mol. The zero-order valence-corrected chi connectivity index (χ0v) is 8.44. The average Bonchev–Trinajstić information content (AvgIpc) is 2.21. The molecule has 0 unspecified atom stereocenters. The summed E-state index contributed by atoms with van der Waals surface area (Å²) in [4.78, 5) is 10.8. The first-order valence-corrected chi connectivity index (χ1v) is 4.45. The second-order valence-corrected chi connectivity index (χ2v) is 3.32. The molecule has 1 rings (SSSR count). The number of rotatable bonds is 3. The molecule has 0 aliphatic carbocycles. The van der Waals surface area contributed by atoms with Gasteiger partial charge in [0, 0.05) is 10.7 Å². The number of amides is 1. The van der Waals surface area contributed by atoms with Crippen LogP contribution >= 0.6 is 11.6 Å². The van der Waals surface area contributed by atoms with Crippen molar-refractivity contribution in [3.05, 3.63) is 29.3 Å². The quantitative estimate of drug-likeness (QED) is 0.826. The molecule has 1 N–H and O–H groups in total. The smallest absolute Gasteiger partial charge is 0.321 e. The monoisotopic (exact) mass is 255 g/mol. The molecule has 0 atom stereocenters. The summed E-state index contributed by atoms with van der Waals surface area (Å²) >= 11 is 5.51. The van der Waals surface area contributed by atoms with E-state index in [1.54, 1.807) is 5.32 Å². The van der Waals surface area contributed by atoms with Gasteiger partial charge < -0.3 is 5.32 Å². The molecule has 0 radical (unpaired) electrons. The standard InChI is InChI=1S/C9H6ClF4NO/c10-5-1-3-6(4-2-5)15-8(16)9(13,14)7(11)12/h1-4,7H,(H,15,16). The van der Waals surface area contributed by atoms with Gasteiger partial charge in [-0.3, -0.25) is 4.79 Å². The van der Waals surface area contributed by atoms with Crippen LogP contribution in [0.5, 0.6) is 0 Å². The summed E-state index contributed by atoms with van der Waals surface area (Å²) in [5.41, 5.74) is -0.0327. The van der Waals surface area contributed by atoms with E-state index in [1.165, 1.54) is 24.3 Å². The Hall–Kier alpha value is -1.30. The van der Waals surface area contributed by atoms with Gasteiger partial charge in [-0.1, -0.05) is 11.6 Å². The van der Waals surface area contributed by atoms with Gasteiger partial charge in [-0.25, -0.2) is 8.78 Å². The van der Waals surface area contributed by atoms with Gasteiger partial charge in [0.05, 0.1) is 0 Å². The molecular weight excluding hydrogens is 250 g/mol. The summed E-state index contributed by atoms with van der Waals surface area (Å²) in [5.74, 6) is -6.76. The normalized spacial score (nSPS) is 11.6. The Balaban J connectivity index is 2.75. The summed E-state index contributed by atoms with van der Waals surface area (Å²) < 4.78 is 48.6. The number of hydrogen-bond acceptors (Lipinski definition) is 1. The topological polar surface area (TPSA) is 29.1 Å². The summed E-state index contributed by atoms with van der Waals surface area (Å²) in [6, 6.07) is 5.11. The Labute approximate surface area is 93.2 Å². The van der Waals surface area contributed by atoms with Crippen LogP contribution in [-0.2, 0) is 4.79 Å². The molecule has 0 aliphatic rings. The Kier molecular flexibility index (Phi) is 3.74. The summed E-state index contributed by atoms with van der Waals surface area (Å²) in [6.07, 6.45) is -4.04. The molecule has 0 heterocycles. The number of hydrogen-bond donors (Lipinski definition) is 1. The first kappa shape index (κ1) is 12.8. The lowest BCUT2D eigenvalue weighted by molar-refractivity contribution is -0.163. The predicted octanol–water partition coefficient (Wildman–Crippen LogP) is 3.18. The van der Waals surface area contributed by atoms with Crippen LogP contribution in [-0.4, -0.2) is 18.3 Å². The highest BCUT2D eigenvalue weighted by molar-refractivity contribution is 6.30. The van der Waals surface area contributed by atoms with Crippen molar-refractivity contribution in [2.45, 2.75) is 12.3 Å². The van der Waals surface area contributed by atoms with E-state index in [-0.39, 0.29) is 5.69 Å². The Morgan fingerprint density at radius 1 is 1.25 bits per heavy atom. The van der Waals surface area contributed by atoms with Gasteiger partial charge in [0.15, 0.2) is 0 Å². The molecule has 0 fully saturated rings. The van der Waals surface area contributed by atoms with Gasteiger partial charge in [-0.05, 0) is 24.3 Å². The van der Waals surface area contributed by atoms with E-state index in [2.05, 4.69) is 0 Å². The van der Waals surface area contributed by atoms with Gasteiger partial charge in [0.2, 0.25) is 0 Å². The maximum atomic E-state index is 12.5. The molecule has 0 bridgehead atoms. The van der Waals surface area contributed by atoms with Crippen molar-refractivity contribution >= 4 is 23.2 Å². The lowest BCUT2D eigenvalue weighted by atomic mass is 10.3. The SMILES string of the molecule is O=C(Nc1ccc(Cl)cc1)C(F)(F)C(F)F. The highest BCUT2D eigenvalue weighted by Gasteiger charge is 2.48. The lowest BCUT2D eigenvalue weighted by Gasteiger charge is -2.14. The Morgan fingerprint density at radius 3 is 2.19 bits per heavy atom. The van der Waals surface area contributed by atoms with Crippen molar-refractivity contribution in [1.82, 2.24) is 0 Å².